The first-order valence-corrected chi connectivity index (χ1v) is 5.83. The van der Waals surface area contributed by atoms with Gasteiger partial charge in [0.15, 0.2) is 5.60 Å². The second kappa shape index (κ2) is 5.46. The van der Waals surface area contributed by atoms with Crippen LogP contribution in [-0.4, -0.2) is 64.7 Å². The molecule has 1 heterocycles. The number of carboxylic acid groups (broad SMARTS) is 1. The zero-order chi connectivity index (χ0) is 14.7. The maximum absolute atomic E-state index is 12.3. The van der Waals surface area contributed by atoms with E-state index >= 15 is 0 Å². The number of nitrogens with zero attached hydrogens (tertiary/aromatic N) is 2. The molecule has 2 N–H and O–H groups in total. The Morgan fingerprint density at radius 2 is 2.00 bits per heavy atom. The number of hydrogen-bond donors (Lipinski definition) is 2. The molecule has 1 atom stereocenters. The van der Waals surface area contributed by atoms with E-state index in [0.717, 1.165) is 0 Å². The average Bonchev–Trinajstić information content (AvgIpc) is 2.25. The maximum atomic E-state index is 12.3. The van der Waals surface area contributed by atoms with Crippen molar-refractivity contribution in [2.45, 2.75) is 12.0 Å². The van der Waals surface area contributed by atoms with Crippen molar-refractivity contribution < 1.29 is 24.3 Å². The van der Waals surface area contributed by atoms with E-state index in [9.17, 15) is 14.7 Å². The summed E-state index contributed by atoms with van der Waals surface area (Å²) in [5, 5.41) is 19.4. The number of aromatic nitrogens is 1. The van der Waals surface area contributed by atoms with E-state index < -0.39 is 23.8 Å². The van der Waals surface area contributed by atoms with Crippen LogP contribution in [0.1, 0.15) is 16.8 Å². The molecular weight excluding hydrogens is 248 g/mol. The Hall–Kier alpha value is -1.79. The number of aliphatic carboxylic acids is 1. The van der Waals surface area contributed by atoms with E-state index in [1.807, 2.05) is 0 Å². The molecule has 0 aliphatic rings. The number of aliphatic hydroxyl groups is 1. The topological polar surface area (TPSA) is 87.5 Å². The van der Waals surface area contributed by atoms with Gasteiger partial charge in [-0.3, -0.25) is 14.6 Å². The molecule has 0 saturated carbocycles. The second-order valence-corrected chi connectivity index (χ2v) is 5.62. The Morgan fingerprint density at radius 1 is 1.37 bits per heavy atom. The van der Waals surface area contributed by atoms with Gasteiger partial charge in [0.2, 0.25) is 5.78 Å². The van der Waals surface area contributed by atoms with E-state index in [2.05, 4.69) is 4.98 Å². The number of pyridine rings is 1. The van der Waals surface area contributed by atoms with Gasteiger partial charge in [0, 0.05) is 18.0 Å². The number of rotatable bonds is 6. The molecule has 0 radical (unpaired) electrons. The average molecular weight is 267 g/mol. The number of carboxylic acids is 1. The molecule has 0 bridgehead atoms. The minimum Gasteiger partial charge on any atom is -0.481 e. The number of ketones is 1. The van der Waals surface area contributed by atoms with Gasteiger partial charge in [-0.15, -0.1) is 0 Å². The number of Topliss-reactive ketones (excluding diaryl/α,β-unsaturated/α-hetero) is 1. The summed E-state index contributed by atoms with van der Waals surface area (Å²) in [5.74, 6) is -1.83. The van der Waals surface area contributed by atoms with Crippen LogP contribution in [0.4, 0.5) is 0 Å². The third-order valence-corrected chi connectivity index (χ3v) is 2.53. The van der Waals surface area contributed by atoms with E-state index in [0.29, 0.717) is 0 Å². The highest BCUT2D eigenvalue weighted by Crippen LogP contribution is 2.20. The Bertz CT molecular complexity index is 467. The van der Waals surface area contributed by atoms with E-state index in [4.69, 9.17) is 5.11 Å². The van der Waals surface area contributed by atoms with E-state index in [1.54, 1.807) is 27.2 Å². The first-order chi connectivity index (χ1) is 8.64. The zero-order valence-electron chi connectivity index (χ0n) is 11.3. The normalized spacial score (nSPS) is 14.7. The van der Waals surface area contributed by atoms with Crippen LogP contribution in [0.25, 0.3) is 0 Å². The van der Waals surface area contributed by atoms with Crippen LogP contribution in [0.3, 0.4) is 0 Å². The van der Waals surface area contributed by atoms with Crippen molar-refractivity contribution in [3.63, 3.8) is 0 Å². The number of carbonyl (C=O) groups is 2. The molecule has 0 aliphatic heterocycles. The largest absolute Gasteiger partial charge is 0.481 e. The van der Waals surface area contributed by atoms with Crippen molar-refractivity contribution in [1.82, 2.24) is 4.98 Å². The number of carbonyl (C=O) groups excluding carboxylic acids is 1. The number of quaternary nitrogens is 1. The number of hydrogen-bond acceptors (Lipinski definition) is 4. The lowest BCUT2D eigenvalue weighted by atomic mass is 9.89. The van der Waals surface area contributed by atoms with Crippen molar-refractivity contribution in [3.8, 4) is 0 Å². The fourth-order valence-corrected chi connectivity index (χ4v) is 2.01. The van der Waals surface area contributed by atoms with Gasteiger partial charge in [-0.05, 0) is 12.1 Å². The molecule has 0 spiro atoms. The highest BCUT2D eigenvalue weighted by molar-refractivity contribution is 6.03. The minimum absolute atomic E-state index is 0.00697. The van der Waals surface area contributed by atoms with Crippen LogP contribution in [0.15, 0.2) is 24.5 Å². The van der Waals surface area contributed by atoms with Crippen LogP contribution in [0, 0.1) is 0 Å². The summed E-state index contributed by atoms with van der Waals surface area (Å²) in [6, 6.07) is 3.08. The Balaban J connectivity index is 3.10. The molecule has 0 saturated heterocycles. The van der Waals surface area contributed by atoms with Crippen molar-refractivity contribution in [3.05, 3.63) is 30.1 Å². The summed E-state index contributed by atoms with van der Waals surface area (Å²) in [5.41, 5.74) is -1.73. The molecule has 104 valence electrons. The van der Waals surface area contributed by atoms with E-state index in [1.165, 1.54) is 18.5 Å². The van der Waals surface area contributed by atoms with Crippen molar-refractivity contribution in [1.29, 1.82) is 0 Å². The van der Waals surface area contributed by atoms with Gasteiger partial charge in [0.1, 0.15) is 6.54 Å². The lowest BCUT2D eigenvalue weighted by molar-refractivity contribution is -0.875. The first-order valence-electron chi connectivity index (χ1n) is 5.83. The molecular formula is C13H19N2O4+. The summed E-state index contributed by atoms with van der Waals surface area (Å²) >= 11 is 0. The Morgan fingerprint density at radius 3 is 2.42 bits per heavy atom. The van der Waals surface area contributed by atoms with Crippen molar-refractivity contribution in [2.75, 3.05) is 27.7 Å². The summed E-state index contributed by atoms with van der Waals surface area (Å²) in [6.07, 6.45) is 2.20. The SMILES string of the molecule is C[N+](C)(C)CC(O)(CC(=O)O)C(=O)c1cccnc1. The predicted octanol–water partition coefficient (Wildman–Crippen LogP) is 0.176. The fourth-order valence-electron chi connectivity index (χ4n) is 2.01. The van der Waals surface area contributed by atoms with Gasteiger partial charge in [-0.25, -0.2) is 0 Å². The van der Waals surface area contributed by atoms with Gasteiger partial charge in [-0.1, -0.05) is 0 Å². The smallest absolute Gasteiger partial charge is 0.307 e. The van der Waals surface area contributed by atoms with Crippen molar-refractivity contribution >= 4 is 11.8 Å². The number of likely N-dealkylation sites (N-methyl/N-ethyl adjacent to an activating group) is 1. The summed E-state index contributed by atoms with van der Waals surface area (Å²) < 4.78 is 0.274. The van der Waals surface area contributed by atoms with Crippen LogP contribution in [0.5, 0.6) is 0 Å². The van der Waals surface area contributed by atoms with Gasteiger partial charge in [-0.2, -0.15) is 0 Å². The molecule has 0 fully saturated rings. The van der Waals surface area contributed by atoms with Crippen LogP contribution in [-0.2, 0) is 4.79 Å². The highest BCUT2D eigenvalue weighted by Gasteiger charge is 2.43. The Labute approximate surface area is 111 Å². The predicted molar refractivity (Wildman–Crippen MR) is 68.7 cm³/mol. The third-order valence-electron chi connectivity index (χ3n) is 2.53. The molecule has 19 heavy (non-hydrogen) atoms. The zero-order valence-corrected chi connectivity index (χ0v) is 11.3. The molecule has 0 aromatic carbocycles. The highest BCUT2D eigenvalue weighted by atomic mass is 16.4. The molecule has 1 unspecified atom stereocenters. The van der Waals surface area contributed by atoms with Gasteiger partial charge in [0.25, 0.3) is 0 Å². The van der Waals surface area contributed by atoms with Gasteiger partial charge >= 0.3 is 5.97 Å². The molecule has 6 nitrogen and oxygen atoms in total. The van der Waals surface area contributed by atoms with Gasteiger partial charge in [0.05, 0.1) is 27.6 Å². The quantitative estimate of drug-likeness (QED) is 0.567. The summed E-state index contributed by atoms with van der Waals surface area (Å²) in [7, 11) is 5.34. The summed E-state index contributed by atoms with van der Waals surface area (Å²) in [6.45, 7) is 0.00697. The molecule has 1 aromatic heterocycles. The molecule has 0 aliphatic carbocycles. The Kier molecular flexibility index (Phi) is 4.39. The standard InChI is InChI=1S/C13H18N2O4/c1-15(2,3)9-13(19,7-11(16)17)12(18)10-5-4-6-14-8-10/h4-6,8,19H,7,9H2,1-3H3/p+1. The van der Waals surface area contributed by atoms with Gasteiger partial charge < -0.3 is 14.7 Å². The van der Waals surface area contributed by atoms with E-state index in [-0.39, 0.29) is 16.6 Å². The lowest BCUT2D eigenvalue weighted by Gasteiger charge is -2.33. The van der Waals surface area contributed by atoms with Crippen molar-refractivity contribution in [2.24, 2.45) is 0 Å². The molecule has 1 aromatic rings. The minimum atomic E-state index is -1.94. The molecule has 6 heteroatoms. The molecule has 1 rings (SSSR count). The van der Waals surface area contributed by atoms with Crippen LogP contribution < -0.4 is 0 Å². The molecule has 0 amide bonds. The lowest BCUT2D eigenvalue weighted by Crippen LogP contribution is -2.54. The van der Waals surface area contributed by atoms with Crippen LogP contribution >= 0.6 is 0 Å². The summed E-state index contributed by atoms with van der Waals surface area (Å²) in [4.78, 5) is 27.0. The fraction of sp³-hybridized carbons (Fsp3) is 0.462. The third kappa shape index (κ3) is 4.42. The first kappa shape index (κ1) is 15.3. The second-order valence-electron chi connectivity index (χ2n) is 5.62. The maximum Gasteiger partial charge on any atom is 0.307 e. The van der Waals surface area contributed by atoms with Crippen LogP contribution in [0.2, 0.25) is 0 Å². The monoisotopic (exact) mass is 267 g/mol.